The Morgan fingerprint density at radius 1 is 0.369 bits per heavy atom. The van der Waals surface area contributed by atoms with E-state index in [1.165, 1.54) is 0 Å². The summed E-state index contributed by atoms with van der Waals surface area (Å²) in [7, 11) is -4.23. The lowest BCUT2D eigenvalue weighted by atomic mass is 10.00. The summed E-state index contributed by atoms with van der Waals surface area (Å²) < 4.78 is 39.9. The van der Waals surface area contributed by atoms with Crippen LogP contribution in [0.4, 0.5) is 0 Å². The molecule has 0 amide bonds. The maximum atomic E-state index is 9.97. The lowest BCUT2D eigenvalue weighted by Crippen LogP contribution is -2.50. The van der Waals surface area contributed by atoms with Crippen LogP contribution in [0.15, 0.2) is 204 Å². The second-order valence-electron chi connectivity index (χ2n) is 24.1. The zero-order valence-corrected chi connectivity index (χ0v) is 54.5. The van der Waals surface area contributed by atoms with E-state index in [4.69, 9.17) is 27.8 Å². The van der Waals surface area contributed by atoms with Gasteiger partial charge < -0.3 is 38.0 Å². The minimum atomic E-state index is -2.11. The molecule has 0 aliphatic carbocycles. The van der Waals surface area contributed by atoms with E-state index >= 15 is 0 Å². The summed E-state index contributed by atoms with van der Waals surface area (Å²) >= 11 is 3.57. The molecule has 4 atom stereocenters. The Balaban J connectivity index is 0.000000202. The molecule has 84 heavy (non-hydrogen) atoms. The number of phenolic OH excluding ortho intramolecular Hbond substituents is 2. The highest BCUT2D eigenvalue weighted by Gasteiger charge is 2.48. The van der Waals surface area contributed by atoms with Crippen molar-refractivity contribution < 1.29 is 38.0 Å². The van der Waals surface area contributed by atoms with Crippen molar-refractivity contribution in [2.45, 2.75) is 162 Å². The summed E-state index contributed by atoms with van der Waals surface area (Å²) in [5, 5.41) is 19.9. The van der Waals surface area contributed by atoms with Crippen molar-refractivity contribution in [3.8, 4) is 46.0 Å². The van der Waals surface area contributed by atoms with Crippen LogP contribution in [-0.2, 0) is 13.2 Å². The first-order valence-corrected chi connectivity index (χ1v) is 35.8. The highest BCUT2D eigenvalue weighted by molar-refractivity contribution is 8.00. The van der Waals surface area contributed by atoms with Gasteiger partial charge in [0, 0.05) is 0 Å². The van der Waals surface area contributed by atoms with E-state index in [-0.39, 0.29) is 34.2 Å². The van der Waals surface area contributed by atoms with Crippen LogP contribution in [0.2, 0.25) is 33.2 Å². The van der Waals surface area contributed by atoms with Gasteiger partial charge in [0.1, 0.15) is 71.4 Å². The van der Waals surface area contributed by atoms with Gasteiger partial charge in [0.25, 0.3) is 16.6 Å². The Labute approximate surface area is 510 Å². The van der Waals surface area contributed by atoms with E-state index in [0.717, 1.165) is 77.7 Å². The minimum Gasteiger partial charge on any atom is -0.543 e. The van der Waals surface area contributed by atoms with E-state index in [9.17, 15) is 10.2 Å². The molecule has 10 rings (SSSR count). The van der Waals surface area contributed by atoms with Gasteiger partial charge in [0.15, 0.2) is 0 Å². The summed E-state index contributed by atoms with van der Waals surface area (Å²) in [5.41, 5.74) is 9.50. The molecular formula is C72H84O8S2Si2. The SMILES string of the molecule is CC(C)[Si](Oc1cccc([C@@H]2Sc3cc(OCc4ccccc4)ccc3O[C@@H]2c2ccc(O)cc2)c1)(C(C)C)C(C)C.CC(C)[Si](Oc1cccc([C@H]2Sc3cc(OCc4ccccc4)ccc3O[C@H]2c2ccc(O)cc2)c1)(C(C)C)C(C)C. The van der Waals surface area contributed by atoms with Gasteiger partial charge >= 0.3 is 0 Å². The van der Waals surface area contributed by atoms with Crippen molar-refractivity contribution in [3.63, 3.8) is 0 Å². The summed E-state index contributed by atoms with van der Waals surface area (Å²) in [6.45, 7) is 28.8. The maximum absolute atomic E-state index is 9.97. The monoisotopic (exact) mass is 1200 g/mol. The Hall–Kier alpha value is -6.71. The van der Waals surface area contributed by atoms with Gasteiger partial charge in [0.2, 0.25) is 0 Å². The summed E-state index contributed by atoms with van der Waals surface area (Å²) in [6.07, 6.45) is -0.478. The van der Waals surface area contributed by atoms with Crippen LogP contribution in [0.25, 0.3) is 0 Å². The summed E-state index contributed by atoms with van der Waals surface area (Å²) in [5.74, 6) is 5.65. The van der Waals surface area contributed by atoms with E-state index in [1.54, 1.807) is 47.8 Å². The molecule has 0 bridgehead atoms. The lowest BCUT2D eigenvalue weighted by Gasteiger charge is -2.42. The Bertz CT molecular complexity index is 3120. The Morgan fingerprint density at radius 3 is 1.05 bits per heavy atom. The first kappa shape index (κ1) is 61.8. The van der Waals surface area contributed by atoms with Crippen LogP contribution >= 0.6 is 23.5 Å². The van der Waals surface area contributed by atoms with Crippen LogP contribution in [0.3, 0.4) is 0 Å². The fourth-order valence-corrected chi connectivity index (χ4v) is 25.8. The molecule has 2 aliphatic heterocycles. The van der Waals surface area contributed by atoms with Crippen LogP contribution in [0.1, 0.15) is 139 Å². The average Bonchev–Trinajstić information content (AvgIpc) is 2.14. The molecule has 0 unspecified atom stereocenters. The third-order valence-corrected chi connectivity index (χ3v) is 31.4. The topological polar surface area (TPSA) is 95.8 Å². The van der Waals surface area contributed by atoms with Gasteiger partial charge in [-0.3, -0.25) is 0 Å². The first-order chi connectivity index (χ1) is 40.3. The number of thioether (sulfide) groups is 2. The third kappa shape index (κ3) is 14.2. The molecule has 0 saturated heterocycles. The molecule has 2 aliphatic rings. The molecule has 0 fully saturated rings. The molecule has 0 saturated carbocycles. The summed E-state index contributed by atoms with van der Waals surface area (Å²) in [4.78, 5) is 2.09. The van der Waals surface area contributed by atoms with E-state index in [0.29, 0.717) is 46.5 Å². The zero-order chi connectivity index (χ0) is 59.7. The zero-order valence-electron chi connectivity index (χ0n) is 50.8. The number of fused-ring (bicyclic) bond motifs is 2. The number of aromatic hydroxyl groups is 2. The van der Waals surface area contributed by atoms with Crippen LogP contribution in [-0.4, -0.2) is 26.8 Å². The molecule has 2 N–H and O–H groups in total. The van der Waals surface area contributed by atoms with Gasteiger partial charge in [-0.1, -0.05) is 192 Å². The molecule has 440 valence electrons. The number of ether oxygens (including phenoxy) is 4. The standard InChI is InChI=1S/2C36H42O4SSi/c2*1-24(2)42(25(3)4,26(5)6)40-32-14-10-13-29(21-32)36-35(28-15-17-30(37)18-16-28)39-33-20-19-31(22-34(33)41-36)38-23-27-11-8-7-9-12-27/h2*7-22,24-26,35-37H,23H2,1-6H3/t2*35-,36+/m10/s1. The largest absolute Gasteiger partial charge is 0.543 e. The average molecular weight is 1200 g/mol. The van der Waals surface area contributed by atoms with Gasteiger partial charge in [-0.2, -0.15) is 0 Å². The highest BCUT2D eigenvalue weighted by atomic mass is 32.2. The van der Waals surface area contributed by atoms with E-state index in [1.807, 2.05) is 84.9 Å². The molecule has 0 aromatic heterocycles. The Morgan fingerprint density at radius 2 is 0.714 bits per heavy atom. The highest BCUT2D eigenvalue weighted by Crippen LogP contribution is 2.57. The van der Waals surface area contributed by atoms with Gasteiger partial charge in [-0.05, 0) is 152 Å². The molecule has 12 heteroatoms. The van der Waals surface area contributed by atoms with Crippen molar-refractivity contribution in [2.24, 2.45) is 0 Å². The van der Waals surface area contributed by atoms with Gasteiger partial charge in [-0.25, -0.2) is 0 Å². The number of rotatable bonds is 20. The fourth-order valence-electron chi connectivity index (χ4n) is 12.7. The van der Waals surface area contributed by atoms with Crippen molar-refractivity contribution >= 4 is 40.2 Å². The van der Waals surface area contributed by atoms with Crippen molar-refractivity contribution in [1.29, 1.82) is 0 Å². The van der Waals surface area contributed by atoms with E-state index < -0.39 is 16.6 Å². The fraction of sp³-hybridized carbons (Fsp3) is 0.333. The minimum absolute atomic E-state index is 0.0248. The van der Waals surface area contributed by atoms with E-state index in [2.05, 4.69) is 168 Å². The normalized spacial score (nSPS) is 16.8. The van der Waals surface area contributed by atoms with Crippen molar-refractivity contribution in [3.05, 3.63) is 228 Å². The predicted molar refractivity (Wildman–Crippen MR) is 351 cm³/mol. The molecule has 0 spiro atoms. The molecular weight excluding hydrogens is 1110 g/mol. The quantitative estimate of drug-likeness (QED) is 0.0719. The van der Waals surface area contributed by atoms with Crippen molar-refractivity contribution in [2.75, 3.05) is 0 Å². The number of benzene rings is 8. The number of hydrogen-bond donors (Lipinski definition) is 2. The van der Waals surface area contributed by atoms with Gasteiger partial charge in [0.05, 0.1) is 20.3 Å². The van der Waals surface area contributed by atoms with Crippen LogP contribution in [0.5, 0.6) is 46.0 Å². The third-order valence-electron chi connectivity index (χ3n) is 16.7. The molecule has 0 radical (unpaired) electrons. The molecule has 2 heterocycles. The summed E-state index contributed by atoms with van der Waals surface area (Å²) in [6, 6.07) is 64.4. The second kappa shape index (κ2) is 27.6. The molecule has 8 nitrogen and oxygen atoms in total. The molecule has 8 aromatic carbocycles. The predicted octanol–water partition coefficient (Wildman–Crippen LogP) is 21.0. The van der Waals surface area contributed by atoms with Gasteiger partial charge in [-0.15, -0.1) is 23.5 Å². The van der Waals surface area contributed by atoms with Crippen molar-refractivity contribution in [1.82, 2.24) is 0 Å². The smallest absolute Gasteiger partial charge is 0.258 e. The number of phenols is 2. The second-order valence-corrected chi connectivity index (χ2v) is 37.2. The number of hydrogen-bond acceptors (Lipinski definition) is 10. The maximum Gasteiger partial charge on any atom is 0.258 e. The molecule has 8 aromatic rings. The van der Waals surface area contributed by atoms with Crippen LogP contribution < -0.4 is 27.8 Å². The lowest BCUT2D eigenvalue weighted by molar-refractivity contribution is 0.190. The van der Waals surface area contributed by atoms with Crippen LogP contribution in [0, 0.1) is 0 Å². The Kier molecular flexibility index (Phi) is 20.3. The first-order valence-electron chi connectivity index (χ1n) is 29.8.